The summed E-state index contributed by atoms with van der Waals surface area (Å²) in [6, 6.07) is 11.1. The van der Waals surface area contributed by atoms with Crippen LogP contribution in [0.3, 0.4) is 0 Å². The lowest BCUT2D eigenvalue weighted by Gasteiger charge is -2.12. The highest BCUT2D eigenvalue weighted by atomic mass is 35.5. The first-order valence-corrected chi connectivity index (χ1v) is 9.34. The largest absolute Gasteiger partial charge is 0.347 e. The molecule has 3 rings (SSSR count). The summed E-state index contributed by atoms with van der Waals surface area (Å²) >= 11 is 6.23. The van der Waals surface area contributed by atoms with Crippen LogP contribution in [0.4, 0.5) is 5.82 Å². The molecular formula is C20H22ClN5O2. The number of hydrogen-bond donors (Lipinski definition) is 1. The third-order valence-electron chi connectivity index (χ3n) is 4.36. The number of carbonyl (C=O) groups is 1. The molecule has 2 aromatic heterocycles. The Balaban J connectivity index is 1.70. The van der Waals surface area contributed by atoms with Gasteiger partial charge < -0.3 is 5.32 Å². The highest BCUT2D eigenvalue weighted by Gasteiger charge is 2.12. The fraction of sp³-hybridized carbons (Fsp3) is 0.300. The van der Waals surface area contributed by atoms with Crippen LogP contribution in [0.2, 0.25) is 5.02 Å². The molecule has 0 fully saturated rings. The third-order valence-corrected chi connectivity index (χ3v) is 4.73. The Labute approximate surface area is 168 Å². The number of aryl methyl sites for hydroxylation is 3. The summed E-state index contributed by atoms with van der Waals surface area (Å²) in [5.41, 5.74) is 2.81. The maximum absolute atomic E-state index is 12.4. The molecule has 2 heterocycles. The topological polar surface area (TPSA) is 81.8 Å². The molecule has 146 valence electrons. The van der Waals surface area contributed by atoms with Gasteiger partial charge in [-0.25, -0.2) is 9.48 Å². The molecule has 1 N–H and O–H groups in total. The summed E-state index contributed by atoms with van der Waals surface area (Å²) in [5, 5.41) is 7.96. The van der Waals surface area contributed by atoms with Crippen molar-refractivity contribution < 1.29 is 4.79 Å². The second-order valence-electron chi connectivity index (χ2n) is 6.69. The number of nitrogens with one attached hydrogen (secondary N) is 1. The van der Waals surface area contributed by atoms with E-state index in [0.717, 1.165) is 17.0 Å². The Morgan fingerprint density at radius 1 is 1.14 bits per heavy atom. The predicted molar refractivity (Wildman–Crippen MR) is 109 cm³/mol. The summed E-state index contributed by atoms with van der Waals surface area (Å²) in [4.78, 5) is 28.4. The predicted octanol–water partition coefficient (Wildman–Crippen LogP) is 3.10. The van der Waals surface area contributed by atoms with E-state index < -0.39 is 0 Å². The van der Waals surface area contributed by atoms with Crippen LogP contribution in [0, 0.1) is 20.8 Å². The van der Waals surface area contributed by atoms with Crippen molar-refractivity contribution in [3.05, 3.63) is 74.6 Å². The first-order valence-electron chi connectivity index (χ1n) is 8.96. The number of aromatic nitrogens is 4. The van der Waals surface area contributed by atoms with E-state index in [-0.39, 0.29) is 24.6 Å². The summed E-state index contributed by atoms with van der Waals surface area (Å²) in [5.74, 6) is 0.390. The SMILES string of the molecule is Cc1cc(C)n(CCC(=O)Nc2cc(C)nn2Cc2ccccc2Cl)c(=O)n1. The van der Waals surface area contributed by atoms with Gasteiger partial charge in [0.05, 0.1) is 12.2 Å². The molecule has 0 atom stereocenters. The van der Waals surface area contributed by atoms with E-state index in [9.17, 15) is 9.59 Å². The van der Waals surface area contributed by atoms with Gasteiger partial charge in [0.2, 0.25) is 5.91 Å². The van der Waals surface area contributed by atoms with Gasteiger partial charge in [0.1, 0.15) is 5.82 Å². The van der Waals surface area contributed by atoms with Gasteiger partial charge in [-0.3, -0.25) is 9.36 Å². The lowest BCUT2D eigenvalue weighted by molar-refractivity contribution is -0.116. The van der Waals surface area contributed by atoms with E-state index in [1.807, 2.05) is 44.2 Å². The quantitative estimate of drug-likeness (QED) is 0.690. The van der Waals surface area contributed by atoms with Crippen LogP contribution in [-0.4, -0.2) is 25.2 Å². The molecular weight excluding hydrogens is 378 g/mol. The summed E-state index contributed by atoms with van der Waals surface area (Å²) < 4.78 is 3.21. The molecule has 3 aromatic rings. The molecule has 28 heavy (non-hydrogen) atoms. The van der Waals surface area contributed by atoms with Crippen molar-refractivity contribution in [3.8, 4) is 0 Å². The van der Waals surface area contributed by atoms with Crippen LogP contribution >= 0.6 is 11.6 Å². The number of nitrogens with zero attached hydrogens (tertiary/aromatic N) is 4. The molecule has 0 spiro atoms. The van der Waals surface area contributed by atoms with Crippen molar-refractivity contribution in [2.45, 2.75) is 40.3 Å². The van der Waals surface area contributed by atoms with Gasteiger partial charge in [-0.05, 0) is 38.5 Å². The van der Waals surface area contributed by atoms with Crippen molar-refractivity contribution in [1.29, 1.82) is 0 Å². The molecule has 7 nitrogen and oxygen atoms in total. The standard InChI is InChI=1S/C20H22ClN5O2/c1-13-10-15(3)25(20(28)22-13)9-8-19(27)23-18-11-14(2)24-26(18)12-16-6-4-5-7-17(16)21/h4-7,10-11H,8-9,12H2,1-3H3,(H,23,27). The molecule has 1 aromatic carbocycles. The normalized spacial score (nSPS) is 10.9. The maximum atomic E-state index is 12.4. The van der Waals surface area contributed by atoms with E-state index in [4.69, 9.17) is 11.6 Å². The minimum Gasteiger partial charge on any atom is -0.311 e. The Morgan fingerprint density at radius 3 is 2.61 bits per heavy atom. The zero-order valence-corrected chi connectivity index (χ0v) is 16.8. The number of carbonyl (C=O) groups excluding carboxylic acids is 1. The number of anilines is 1. The Bertz CT molecular complexity index is 1070. The van der Waals surface area contributed by atoms with Gasteiger partial charge in [-0.1, -0.05) is 29.8 Å². The molecule has 0 saturated carbocycles. The highest BCUT2D eigenvalue weighted by Crippen LogP contribution is 2.19. The Kier molecular flexibility index (Phi) is 5.94. The number of halogens is 1. The zero-order valence-electron chi connectivity index (χ0n) is 16.1. The van der Waals surface area contributed by atoms with Crippen LogP contribution in [0.25, 0.3) is 0 Å². The third kappa shape index (κ3) is 4.67. The smallest absolute Gasteiger partial charge is 0.311 e. The molecule has 1 amide bonds. The van der Waals surface area contributed by atoms with Crippen LogP contribution in [0.1, 0.15) is 29.1 Å². The maximum Gasteiger partial charge on any atom is 0.347 e. The molecule has 0 saturated heterocycles. The van der Waals surface area contributed by atoms with Crippen LogP contribution in [0.15, 0.2) is 41.2 Å². The monoisotopic (exact) mass is 399 g/mol. The van der Waals surface area contributed by atoms with Gasteiger partial charge >= 0.3 is 5.69 Å². The number of hydrogen-bond acceptors (Lipinski definition) is 4. The molecule has 0 bridgehead atoms. The van der Waals surface area contributed by atoms with E-state index in [0.29, 0.717) is 23.1 Å². The Hall–Kier alpha value is -2.93. The second-order valence-corrected chi connectivity index (χ2v) is 7.10. The molecule has 0 aliphatic carbocycles. The highest BCUT2D eigenvalue weighted by molar-refractivity contribution is 6.31. The van der Waals surface area contributed by atoms with Crippen molar-refractivity contribution in [3.63, 3.8) is 0 Å². The average Bonchev–Trinajstić information content (AvgIpc) is 2.95. The zero-order chi connectivity index (χ0) is 20.3. The van der Waals surface area contributed by atoms with E-state index >= 15 is 0 Å². The molecule has 0 aliphatic heterocycles. The van der Waals surface area contributed by atoms with Crippen LogP contribution in [0.5, 0.6) is 0 Å². The first-order chi connectivity index (χ1) is 13.3. The number of rotatable bonds is 6. The van der Waals surface area contributed by atoms with Crippen LogP contribution in [-0.2, 0) is 17.9 Å². The lowest BCUT2D eigenvalue weighted by atomic mass is 10.2. The van der Waals surface area contributed by atoms with Crippen molar-refractivity contribution in [2.24, 2.45) is 0 Å². The molecule has 0 radical (unpaired) electrons. The van der Waals surface area contributed by atoms with E-state index in [1.54, 1.807) is 17.7 Å². The first kappa shape index (κ1) is 19.8. The fourth-order valence-electron chi connectivity index (χ4n) is 3.02. The summed E-state index contributed by atoms with van der Waals surface area (Å²) in [7, 11) is 0. The van der Waals surface area contributed by atoms with Gasteiger partial charge in [-0.2, -0.15) is 10.1 Å². The lowest BCUT2D eigenvalue weighted by Crippen LogP contribution is -2.27. The van der Waals surface area contributed by atoms with E-state index in [2.05, 4.69) is 15.4 Å². The minimum absolute atomic E-state index is 0.155. The van der Waals surface area contributed by atoms with Gasteiger partial charge in [0, 0.05) is 35.4 Å². The molecule has 0 aliphatic rings. The average molecular weight is 400 g/mol. The fourth-order valence-corrected chi connectivity index (χ4v) is 3.22. The summed E-state index contributed by atoms with van der Waals surface area (Å²) in [6.07, 6.45) is 0.155. The van der Waals surface area contributed by atoms with E-state index in [1.165, 1.54) is 4.57 Å². The van der Waals surface area contributed by atoms with Gasteiger partial charge in [0.15, 0.2) is 0 Å². The van der Waals surface area contributed by atoms with Crippen molar-refractivity contribution >= 4 is 23.3 Å². The van der Waals surface area contributed by atoms with Gasteiger partial charge in [0.25, 0.3) is 0 Å². The summed E-state index contributed by atoms with van der Waals surface area (Å²) in [6.45, 7) is 6.18. The van der Waals surface area contributed by atoms with Crippen molar-refractivity contribution in [2.75, 3.05) is 5.32 Å². The Morgan fingerprint density at radius 2 is 1.89 bits per heavy atom. The minimum atomic E-state index is -0.343. The molecule has 8 heteroatoms. The van der Waals surface area contributed by atoms with Crippen LogP contribution < -0.4 is 11.0 Å². The number of benzene rings is 1. The van der Waals surface area contributed by atoms with Crippen molar-refractivity contribution in [1.82, 2.24) is 19.3 Å². The van der Waals surface area contributed by atoms with Gasteiger partial charge in [-0.15, -0.1) is 0 Å². The molecule has 0 unspecified atom stereocenters. The second kappa shape index (κ2) is 8.39. The number of amides is 1.